The molecule has 0 saturated carbocycles. The number of nitrogens with zero attached hydrogens (tertiary/aromatic N) is 1. The van der Waals surface area contributed by atoms with Crippen LogP contribution in [-0.2, 0) is 30.4 Å². The number of guanidine groups is 1. The highest BCUT2D eigenvalue weighted by Crippen LogP contribution is 2.11. The molecule has 12 N–H and O–H groups in total. The predicted octanol–water partition coefficient (Wildman–Crippen LogP) is -1.54. The molecule has 0 aromatic heterocycles. The van der Waals surface area contributed by atoms with Crippen molar-refractivity contribution in [2.45, 2.75) is 76.5 Å². The molecule has 4 amide bonds. The number of rotatable bonds is 18. The van der Waals surface area contributed by atoms with Gasteiger partial charge in [0, 0.05) is 19.4 Å². The van der Waals surface area contributed by atoms with Crippen LogP contribution in [0.4, 0.5) is 0 Å². The lowest BCUT2D eigenvalue weighted by Gasteiger charge is -2.28. The second-order valence-corrected chi connectivity index (χ2v) is 9.58. The second-order valence-electron chi connectivity index (χ2n) is 9.58. The molecule has 1 aromatic carbocycles. The van der Waals surface area contributed by atoms with Crippen molar-refractivity contribution >= 4 is 35.6 Å². The molecule has 222 valence electrons. The van der Waals surface area contributed by atoms with E-state index in [1.54, 1.807) is 37.3 Å². The monoisotopic (exact) mass is 562 g/mol. The van der Waals surface area contributed by atoms with Gasteiger partial charge in [0.05, 0.1) is 6.04 Å². The molecule has 14 nitrogen and oxygen atoms in total. The highest BCUT2D eigenvalue weighted by molar-refractivity contribution is 5.94. The van der Waals surface area contributed by atoms with Gasteiger partial charge >= 0.3 is 5.97 Å². The third-order valence-electron chi connectivity index (χ3n) is 6.31. The summed E-state index contributed by atoms with van der Waals surface area (Å²) < 4.78 is 0. The molecule has 0 fully saturated rings. The van der Waals surface area contributed by atoms with Crippen LogP contribution in [0.1, 0.15) is 51.5 Å². The number of carbonyl (C=O) groups is 5. The number of hydrogen-bond acceptors (Lipinski definition) is 7. The number of carboxylic acid groups (broad SMARTS) is 1. The third-order valence-corrected chi connectivity index (χ3v) is 6.31. The first-order valence-corrected chi connectivity index (χ1v) is 13.1. The molecule has 14 heteroatoms. The Morgan fingerprint density at radius 1 is 0.900 bits per heavy atom. The lowest BCUT2D eigenvalue weighted by molar-refractivity contribution is -0.142. The average Bonchev–Trinajstić information content (AvgIpc) is 2.90. The minimum atomic E-state index is -1.24. The van der Waals surface area contributed by atoms with Gasteiger partial charge in [-0.15, -0.1) is 0 Å². The summed E-state index contributed by atoms with van der Waals surface area (Å²) in [7, 11) is 0. The molecule has 1 rings (SSSR count). The quantitative estimate of drug-likeness (QED) is 0.0585. The summed E-state index contributed by atoms with van der Waals surface area (Å²) >= 11 is 0. The Morgan fingerprint density at radius 3 is 2.08 bits per heavy atom. The molecule has 0 bridgehead atoms. The Bertz CT molecular complexity index is 1030. The molecule has 0 heterocycles. The molecular formula is C26H42N8O6. The van der Waals surface area contributed by atoms with Crippen molar-refractivity contribution in [1.29, 1.82) is 0 Å². The van der Waals surface area contributed by atoms with Crippen LogP contribution in [0.5, 0.6) is 0 Å². The minimum Gasteiger partial charge on any atom is -0.480 e. The van der Waals surface area contributed by atoms with E-state index < -0.39 is 53.8 Å². The number of carbonyl (C=O) groups excluding carboxylic acids is 4. The molecule has 1 aromatic rings. The van der Waals surface area contributed by atoms with Crippen molar-refractivity contribution < 1.29 is 29.1 Å². The van der Waals surface area contributed by atoms with Gasteiger partial charge in [0.2, 0.25) is 23.6 Å². The zero-order chi connectivity index (χ0) is 30.2. The number of nitrogens with two attached hydrogens (primary N) is 4. The average molecular weight is 563 g/mol. The van der Waals surface area contributed by atoms with E-state index in [0.29, 0.717) is 18.4 Å². The summed E-state index contributed by atoms with van der Waals surface area (Å²) in [6, 6.07) is 4.24. The number of nitrogens with one attached hydrogen (secondary N) is 3. The molecule has 0 radical (unpaired) electrons. The van der Waals surface area contributed by atoms with E-state index in [-0.39, 0.29) is 44.1 Å². The van der Waals surface area contributed by atoms with Crippen LogP contribution < -0.4 is 38.9 Å². The predicted molar refractivity (Wildman–Crippen MR) is 149 cm³/mol. The number of aliphatic carboxylic acids is 1. The molecule has 0 aliphatic heterocycles. The summed E-state index contributed by atoms with van der Waals surface area (Å²) in [5, 5.41) is 17.3. The maximum absolute atomic E-state index is 13.2. The van der Waals surface area contributed by atoms with E-state index in [2.05, 4.69) is 20.9 Å². The van der Waals surface area contributed by atoms with Gasteiger partial charge in [-0.1, -0.05) is 50.6 Å². The number of primary amides is 1. The Kier molecular flexibility index (Phi) is 14.7. The van der Waals surface area contributed by atoms with E-state index >= 15 is 0 Å². The van der Waals surface area contributed by atoms with Gasteiger partial charge in [0.25, 0.3) is 0 Å². The topological polar surface area (TPSA) is 258 Å². The SMILES string of the molecule is CCC(C)C(NC(=O)C(CCC(N)=O)NC(=O)C(N)CCCN=C(N)N)C(=O)NC(Cc1ccccc1)C(=O)O. The Balaban J connectivity index is 2.99. The smallest absolute Gasteiger partial charge is 0.326 e. The highest BCUT2D eigenvalue weighted by atomic mass is 16.4. The van der Waals surface area contributed by atoms with Crippen molar-refractivity contribution in [2.75, 3.05) is 6.54 Å². The normalized spacial score (nSPS) is 14.5. The van der Waals surface area contributed by atoms with E-state index in [1.807, 2.05) is 6.92 Å². The zero-order valence-electron chi connectivity index (χ0n) is 23.0. The number of hydrogen-bond donors (Lipinski definition) is 8. The molecule has 5 unspecified atom stereocenters. The molecule has 0 aliphatic rings. The van der Waals surface area contributed by atoms with Crippen molar-refractivity contribution in [3.63, 3.8) is 0 Å². The van der Waals surface area contributed by atoms with Gasteiger partial charge in [-0.2, -0.15) is 0 Å². The molecule has 0 aliphatic carbocycles. The van der Waals surface area contributed by atoms with Gasteiger partial charge in [-0.25, -0.2) is 4.79 Å². The van der Waals surface area contributed by atoms with Gasteiger partial charge < -0.3 is 44.0 Å². The van der Waals surface area contributed by atoms with Gasteiger partial charge in [-0.3, -0.25) is 24.2 Å². The molecular weight excluding hydrogens is 520 g/mol. The van der Waals surface area contributed by atoms with Crippen LogP contribution in [0.2, 0.25) is 0 Å². The molecule has 40 heavy (non-hydrogen) atoms. The van der Waals surface area contributed by atoms with Crippen LogP contribution in [0.25, 0.3) is 0 Å². The number of amides is 4. The first-order valence-electron chi connectivity index (χ1n) is 13.1. The van der Waals surface area contributed by atoms with E-state index in [0.717, 1.165) is 0 Å². The number of aliphatic imine (C=N–C) groups is 1. The Hall–Kier alpha value is -4.20. The standard InChI is InChI=1S/C26H42N8O6/c1-3-15(2)21(24(38)33-19(25(39)40)14-16-8-5-4-6-9-16)34-23(37)18(11-12-20(28)35)32-22(36)17(27)10-7-13-31-26(29)30/h4-6,8-9,15,17-19,21H,3,7,10-14,27H2,1-2H3,(H2,28,35)(H,32,36)(H,33,38)(H,34,37)(H,39,40)(H4,29,30,31). The van der Waals surface area contributed by atoms with E-state index in [9.17, 15) is 29.1 Å². The third kappa shape index (κ3) is 12.6. The maximum atomic E-state index is 13.2. The summed E-state index contributed by atoms with van der Waals surface area (Å²) in [5.74, 6) is -4.47. The zero-order valence-corrected chi connectivity index (χ0v) is 23.0. The van der Waals surface area contributed by atoms with Crippen LogP contribution >= 0.6 is 0 Å². The van der Waals surface area contributed by atoms with Gasteiger partial charge in [0.1, 0.15) is 18.1 Å². The number of benzene rings is 1. The number of carboxylic acids is 1. The fraction of sp³-hybridized carbons (Fsp3) is 0.538. The molecule has 5 atom stereocenters. The highest BCUT2D eigenvalue weighted by Gasteiger charge is 2.33. The van der Waals surface area contributed by atoms with Crippen molar-refractivity contribution in [3.8, 4) is 0 Å². The minimum absolute atomic E-state index is 0.0431. The van der Waals surface area contributed by atoms with Gasteiger partial charge in [-0.05, 0) is 30.7 Å². The lowest BCUT2D eigenvalue weighted by atomic mass is 9.96. The van der Waals surface area contributed by atoms with Crippen LogP contribution in [0.3, 0.4) is 0 Å². The molecule has 0 spiro atoms. The summed E-state index contributed by atoms with van der Waals surface area (Å²) in [6.07, 6.45) is 0.817. The first-order chi connectivity index (χ1) is 18.8. The summed E-state index contributed by atoms with van der Waals surface area (Å²) in [6.45, 7) is 3.80. The van der Waals surface area contributed by atoms with Crippen molar-refractivity contribution in [2.24, 2.45) is 33.8 Å². The van der Waals surface area contributed by atoms with Crippen molar-refractivity contribution in [1.82, 2.24) is 16.0 Å². The molecule has 0 saturated heterocycles. The Labute approximate surface area is 233 Å². The van der Waals surface area contributed by atoms with Crippen LogP contribution in [-0.4, -0.2) is 71.4 Å². The second kappa shape index (κ2) is 17.4. The van der Waals surface area contributed by atoms with E-state index in [4.69, 9.17) is 22.9 Å². The van der Waals surface area contributed by atoms with Crippen molar-refractivity contribution in [3.05, 3.63) is 35.9 Å². The lowest BCUT2D eigenvalue weighted by Crippen LogP contribution is -2.59. The largest absolute Gasteiger partial charge is 0.480 e. The van der Waals surface area contributed by atoms with E-state index in [1.165, 1.54) is 0 Å². The fourth-order valence-electron chi connectivity index (χ4n) is 3.75. The summed E-state index contributed by atoms with van der Waals surface area (Å²) in [5.41, 5.74) is 22.4. The van der Waals surface area contributed by atoms with Crippen LogP contribution in [0, 0.1) is 5.92 Å². The van der Waals surface area contributed by atoms with Gasteiger partial charge in [0.15, 0.2) is 5.96 Å². The Morgan fingerprint density at radius 2 is 1.52 bits per heavy atom. The van der Waals surface area contributed by atoms with Crippen LogP contribution in [0.15, 0.2) is 35.3 Å². The fourth-order valence-corrected chi connectivity index (χ4v) is 3.75. The summed E-state index contributed by atoms with van der Waals surface area (Å²) in [4.78, 5) is 66.2. The first kappa shape index (κ1) is 33.8. The maximum Gasteiger partial charge on any atom is 0.326 e.